The third kappa shape index (κ3) is 7.75. The number of phenolic OH excluding ortho intramolecular Hbond substituents is 2. The van der Waals surface area contributed by atoms with E-state index in [-0.39, 0.29) is 17.1 Å². The van der Waals surface area contributed by atoms with E-state index in [0.717, 1.165) is 20.2 Å². The van der Waals surface area contributed by atoms with Crippen LogP contribution in [0.5, 0.6) is 23.0 Å². The second kappa shape index (κ2) is 11.2. The van der Waals surface area contributed by atoms with Crippen LogP contribution in [-0.2, 0) is 20.4 Å². The Labute approximate surface area is 164 Å². The Hall–Kier alpha value is -1.59. The molecule has 12 heteroatoms. The predicted molar refractivity (Wildman–Crippen MR) is 114 cm³/mol. The Morgan fingerprint density at radius 2 is 1.58 bits per heavy atom. The number of carbonyl (C=O) groups excluding carboxylic acids is 2. The van der Waals surface area contributed by atoms with Gasteiger partial charge in [-0.2, -0.15) is 0 Å². The second-order valence-electron chi connectivity index (χ2n) is 4.44. The summed E-state index contributed by atoms with van der Waals surface area (Å²) < 4.78 is 24.8. The van der Waals surface area contributed by atoms with Crippen molar-refractivity contribution in [1.29, 1.82) is 2.67 Å². The first-order valence-corrected chi connectivity index (χ1v) is 11.5. The average Bonchev–Trinajstić information content (AvgIpc) is 2.68. The molecule has 2 aromatic rings. The Bertz CT molecular complexity index is 891. The zero-order valence-electron chi connectivity index (χ0n) is 15.1. The first kappa shape index (κ1) is 19.2. The monoisotopic (exact) mass is 430 g/mol. The largest absolute Gasteiger partial charge is 0.508 e. The molecule has 0 saturated carbocycles. The predicted octanol–water partition coefficient (Wildman–Crippen LogP) is 1.98. The van der Waals surface area contributed by atoms with E-state index in [1.54, 1.807) is 12.1 Å². The summed E-state index contributed by atoms with van der Waals surface area (Å²) in [6.45, 7) is 0. The second-order valence-corrected chi connectivity index (χ2v) is 8.38. The molecule has 0 amide bonds. The molecule has 0 heterocycles. The van der Waals surface area contributed by atoms with Gasteiger partial charge in [0, 0.05) is 12.1 Å². The molecule has 2 radical (unpaired) electrons. The van der Waals surface area contributed by atoms with Crippen molar-refractivity contribution in [3.05, 3.63) is 47.5 Å². The van der Waals surface area contributed by atoms with E-state index >= 15 is 0 Å². The summed E-state index contributed by atoms with van der Waals surface area (Å²) in [5, 5.41) is 17.7. The molecule has 0 bridgehead atoms. The van der Waals surface area contributed by atoms with Gasteiger partial charge in [-0.3, -0.25) is 9.59 Å². The third-order valence-electron chi connectivity index (χ3n) is 2.62. The highest BCUT2D eigenvalue weighted by Gasteiger charge is 2.06. The summed E-state index contributed by atoms with van der Waals surface area (Å²) in [6.07, 6.45) is 1.19. The lowest BCUT2D eigenvalue weighted by Gasteiger charge is -2.10. The van der Waals surface area contributed by atoms with Gasteiger partial charge in [0.15, 0.2) is 12.6 Å². The normalized spacial score (nSPS) is 12.8. The lowest BCUT2D eigenvalue weighted by molar-refractivity contribution is 0.111. The van der Waals surface area contributed by atoms with E-state index in [2.05, 4.69) is 16.0 Å². The summed E-state index contributed by atoms with van der Waals surface area (Å²) in [4.78, 5) is 20.9. The Morgan fingerprint density at radius 3 is 2.15 bits per heavy atom. The molecule has 134 valence electrons. The molecule has 26 heavy (non-hydrogen) atoms. The highest BCUT2D eigenvalue weighted by Crippen LogP contribution is 2.25. The van der Waals surface area contributed by atoms with Crippen LogP contribution in [-0.4, -0.2) is 39.6 Å². The van der Waals surface area contributed by atoms with Gasteiger partial charge in [-0.25, -0.2) is 0 Å². The lowest BCUT2D eigenvalue weighted by Crippen LogP contribution is -2.00. The molecule has 0 fully saturated rings. The number of benzene rings is 2. The van der Waals surface area contributed by atoms with Crippen LogP contribution >= 0.6 is 16.0 Å². The summed E-state index contributed by atoms with van der Waals surface area (Å²) >= 11 is 0. The molecular formula is C14H14B2O6P2S2. The molecule has 2 atom stereocenters. The standard InChI is InChI=1S/C7H8B2O3P2S2.C7H6O3/c8-15(13)11-6-2-1-5(4-10)7(3-6)12-16(9)14;8-4-5-1-2-6(9)3-7(5)10/h1-4,8-9,13-14H;1-4,9-10H/i8T,9T;. The Morgan fingerprint density at radius 1 is 0.962 bits per heavy atom. The number of aromatic hydroxyl groups is 2. The highest BCUT2D eigenvalue weighted by atomic mass is 32.5. The summed E-state index contributed by atoms with van der Waals surface area (Å²) in [6, 6.07) is 8.50. The number of hydrogen-bond donors (Lipinski definition) is 2. The third-order valence-corrected chi connectivity index (χ3v) is 3.85. The minimum Gasteiger partial charge on any atom is -0.508 e. The van der Waals surface area contributed by atoms with Crippen molar-refractivity contribution < 1.29 is 28.2 Å². The fraction of sp³-hybridized carbons (Fsp3) is 0. The number of hydrogen-bond acceptors (Lipinski definition) is 6. The van der Waals surface area contributed by atoms with Crippen LogP contribution in [0.15, 0.2) is 36.4 Å². The van der Waals surface area contributed by atoms with Gasteiger partial charge in [0.2, 0.25) is 14.2 Å². The highest BCUT2D eigenvalue weighted by molar-refractivity contribution is 8.28. The van der Waals surface area contributed by atoms with Crippen LogP contribution in [0.2, 0.25) is 0 Å². The van der Waals surface area contributed by atoms with Gasteiger partial charge in [-0.15, -0.1) is 0 Å². The topological polar surface area (TPSA) is 93.1 Å². The minimum atomic E-state index is -0.885. The molecule has 0 aliphatic rings. The smallest absolute Gasteiger partial charge is 0.222 e. The molecule has 0 aliphatic carbocycles. The Kier molecular flexibility index (Phi) is 8.26. The van der Waals surface area contributed by atoms with Crippen LogP contribution in [0, 0.1) is 0 Å². The molecule has 0 spiro atoms. The molecule has 6 nitrogen and oxygen atoms in total. The van der Waals surface area contributed by atoms with E-state index in [4.69, 9.17) is 21.3 Å². The summed E-state index contributed by atoms with van der Waals surface area (Å²) in [7, 11) is 6.87. The van der Waals surface area contributed by atoms with E-state index in [1.807, 2.05) is 0 Å². The van der Waals surface area contributed by atoms with Crippen LogP contribution < -0.4 is 8.37 Å². The molecule has 0 aromatic heterocycles. The van der Waals surface area contributed by atoms with Crippen molar-refractivity contribution >= 4 is 63.2 Å². The molecule has 0 saturated heterocycles. The van der Waals surface area contributed by atoms with Crippen molar-refractivity contribution in [3.63, 3.8) is 0 Å². The van der Waals surface area contributed by atoms with Crippen molar-refractivity contribution in [2.45, 2.75) is 0 Å². The lowest BCUT2D eigenvalue weighted by atomic mass is 10.2. The molecular weight excluding hydrogens is 412 g/mol. The molecule has 2 unspecified atom stereocenters. The maximum atomic E-state index is 10.9. The quantitative estimate of drug-likeness (QED) is 0.378. The van der Waals surface area contributed by atoms with Crippen molar-refractivity contribution in [3.8, 4) is 23.0 Å². The number of phenols is 2. The zero-order chi connectivity index (χ0) is 21.1. The van der Waals surface area contributed by atoms with Gasteiger partial charge in [0.1, 0.15) is 23.0 Å². The van der Waals surface area contributed by atoms with Crippen molar-refractivity contribution in [2.75, 3.05) is 0 Å². The van der Waals surface area contributed by atoms with Crippen LogP contribution in [0.3, 0.4) is 0 Å². The zero-order valence-corrected chi connectivity index (χ0v) is 16.8. The first-order valence-electron chi connectivity index (χ1n) is 7.75. The number of rotatable bonds is 8. The first-order chi connectivity index (χ1) is 13.3. The average molecular weight is 430 g/mol. The van der Waals surface area contributed by atoms with Gasteiger partial charge >= 0.3 is 0 Å². The van der Waals surface area contributed by atoms with Gasteiger partial charge in [-0.05, 0) is 47.3 Å². The van der Waals surface area contributed by atoms with Crippen LogP contribution in [0.4, 0.5) is 0 Å². The van der Waals surface area contributed by atoms with Gasteiger partial charge in [0.05, 0.1) is 11.1 Å². The maximum absolute atomic E-state index is 10.9. The van der Waals surface area contributed by atoms with Crippen molar-refractivity contribution in [1.82, 2.24) is 0 Å². The van der Waals surface area contributed by atoms with E-state index in [1.165, 1.54) is 18.2 Å². The van der Waals surface area contributed by atoms with E-state index in [0.29, 0.717) is 29.6 Å². The van der Waals surface area contributed by atoms with Crippen LogP contribution in [0.1, 0.15) is 20.7 Å². The molecule has 2 aromatic carbocycles. The summed E-state index contributed by atoms with van der Waals surface area (Å²) in [5.74, 6) is 0.530. The van der Waals surface area contributed by atoms with E-state index < -0.39 is 20.4 Å². The maximum Gasteiger partial charge on any atom is 0.222 e. The molecule has 2 rings (SSSR count). The van der Waals surface area contributed by atoms with Crippen molar-refractivity contribution in [2.24, 2.45) is 0 Å². The van der Waals surface area contributed by atoms with Gasteiger partial charge in [-0.1, -0.05) is 16.0 Å². The fourth-order valence-electron chi connectivity index (χ4n) is 1.57. The van der Waals surface area contributed by atoms with Gasteiger partial charge < -0.3 is 18.6 Å². The van der Waals surface area contributed by atoms with Gasteiger partial charge in [0.25, 0.3) is 0 Å². The van der Waals surface area contributed by atoms with Crippen LogP contribution in [0.25, 0.3) is 0 Å². The van der Waals surface area contributed by atoms with E-state index in [9.17, 15) is 9.59 Å². The minimum absolute atomic E-state index is 0.0527. The fourth-order valence-corrected chi connectivity index (χ4v) is 2.77. The molecule has 0 aliphatic heterocycles. The molecule has 2 N–H and O–H groups in total. The number of carbonyl (C=O) groups is 2. The SMILES string of the molecule is O=Cc1ccc(O)cc1O.[3H][B]S(=P)Oc1ccc(C=O)c(OS(=P)[B][3H])c1. The Balaban J connectivity index is 0.000000330. The summed E-state index contributed by atoms with van der Waals surface area (Å²) in [5.41, 5.74) is 0.543. The number of aldehydes is 2.